The number of thiazole rings is 1. The molecule has 4 aromatic rings. The van der Waals surface area contributed by atoms with Crippen molar-refractivity contribution >= 4 is 28.2 Å². The van der Waals surface area contributed by atoms with Gasteiger partial charge in [0.15, 0.2) is 10.9 Å². The van der Waals surface area contributed by atoms with Gasteiger partial charge in [-0.25, -0.2) is 4.98 Å². The largest absolute Gasteiger partial charge is 0.376 e. The van der Waals surface area contributed by atoms with E-state index in [1.54, 1.807) is 36.4 Å². The average molecular weight is 486 g/mol. The lowest BCUT2D eigenvalue weighted by Crippen LogP contribution is -2.17. The predicted molar refractivity (Wildman–Crippen MR) is 138 cm³/mol. The van der Waals surface area contributed by atoms with Gasteiger partial charge in [-0.2, -0.15) is 0 Å². The van der Waals surface area contributed by atoms with E-state index in [0.29, 0.717) is 21.8 Å². The van der Waals surface area contributed by atoms with Crippen molar-refractivity contribution in [3.05, 3.63) is 94.1 Å². The first-order valence-electron chi connectivity index (χ1n) is 11.8. The Bertz CT molecular complexity index is 1370. The van der Waals surface area contributed by atoms with Crippen molar-refractivity contribution in [1.29, 1.82) is 0 Å². The van der Waals surface area contributed by atoms with Crippen LogP contribution in [0.2, 0.25) is 0 Å². The Labute approximate surface area is 208 Å². The number of ether oxygens (including phenoxy) is 1. The van der Waals surface area contributed by atoms with Crippen LogP contribution < -0.4 is 5.32 Å². The number of benzene rings is 2. The molecule has 0 bridgehead atoms. The molecule has 0 saturated carbocycles. The molecule has 3 heterocycles. The van der Waals surface area contributed by atoms with Gasteiger partial charge < -0.3 is 9.30 Å². The van der Waals surface area contributed by atoms with Crippen molar-refractivity contribution in [3.8, 4) is 11.3 Å². The zero-order valence-corrected chi connectivity index (χ0v) is 20.6. The molecular formula is C28H27N3O3S. The molecule has 35 heavy (non-hydrogen) atoms. The summed E-state index contributed by atoms with van der Waals surface area (Å²) < 4.78 is 8.11. The quantitative estimate of drug-likeness (QED) is 0.331. The Balaban J connectivity index is 1.35. The van der Waals surface area contributed by atoms with Crippen LogP contribution in [-0.2, 0) is 11.3 Å². The van der Waals surface area contributed by atoms with E-state index in [9.17, 15) is 9.59 Å². The number of nitrogens with one attached hydrogen (secondary N) is 1. The Morgan fingerprint density at radius 1 is 1.09 bits per heavy atom. The van der Waals surface area contributed by atoms with Gasteiger partial charge >= 0.3 is 0 Å². The molecule has 1 saturated heterocycles. The molecule has 0 aliphatic carbocycles. The lowest BCUT2D eigenvalue weighted by atomic mass is 9.98. The van der Waals surface area contributed by atoms with Crippen molar-refractivity contribution in [3.63, 3.8) is 0 Å². The van der Waals surface area contributed by atoms with Gasteiger partial charge in [-0.05, 0) is 38.8 Å². The molecule has 1 aliphatic heterocycles. The van der Waals surface area contributed by atoms with Gasteiger partial charge in [-0.15, -0.1) is 11.3 Å². The van der Waals surface area contributed by atoms with Crippen LogP contribution in [0.4, 0.5) is 5.13 Å². The number of aromatic nitrogens is 2. The monoisotopic (exact) mass is 485 g/mol. The van der Waals surface area contributed by atoms with E-state index < -0.39 is 0 Å². The minimum atomic E-state index is -0.352. The van der Waals surface area contributed by atoms with Crippen molar-refractivity contribution < 1.29 is 14.3 Å². The standard InChI is InChI=1S/C28H27N3O3S/c1-18-15-24(19(2)31(18)16-21-11-8-14-34-21)25-17-35-28(29-25)30-27(33)23-13-7-6-12-22(23)26(32)20-9-4-3-5-10-20/h3-7,9-10,12-13,15,17,21H,8,11,14,16H2,1-2H3,(H,29,30,33). The number of ketones is 1. The fourth-order valence-corrected chi connectivity index (χ4v) is 5.28. The van der Waals surface area contributed by atoms with E-state index in [1.807, 2.05) is 23.6 Å². The number of rotatable bonds is 7. The van der Waals surface area contributed by atoms with Gasteiger partial charge in [0.2, 0.25) is 0 Å². The predicted octanol–water partition coefficient (Wildman–Crippen LogP) is 5.89. The summed E-state index contributed by atoms with van der Waals surface area (Å²) in [6.45, 7) is 5.88. The molecule has 1 amide bonds. The third-order valence-corrected chi connectivity index (χ3v) is 7.19. The maximum atomic E-state index is 13.1. The van der Waals surface area contributed by atoms with Crippen LogP contribution in [0.3, 0.4) is 0 Å². The minimum Gasteiger partial charge on any atom is -0.376 e. The molecule has 1 N–H and O–H groups in total. The fourth-order valence-electron chi connectivity index (χ4n) is 4.58. The molecule has 5 rings (SSSR count). The van der Waals surface area contributed by atoms with E-state index in [-0.39, 0.29) is 17.8 Å². The Kier molecular flexibility index (Phi) is 6.61. The highest BCUT2D eigenvalue weighted by atomic mass is 32.1. The van der Waals surface area contributed by atoms with E-state index in [0.717, 1.165) is 42.9 Å². The lowest BCUT2D eigenvalue weighted by Gasteiger charge is -2.14. The number of anilines is 1. The topological polar surface area (TPSA) is 73.2 Å². The first-order chi connectivity index (χ1) is 17.0. The molecular weight excluding hydrogens is 458 g/mol. The zero-order chi connectivity index (χ0) is 24.4. The van der Waals surface area contributed by atoms with Crippen LogP contribution in [0.5, 0.6) is 0 Å². The summed E-state index contributed by atoms with van der Waals surface area (Å²) >= 11 is 1.37. The second-order valence-electron chi connectivity index (χ2n) is 8.76. The highest BCUT2D eigenvalue weighted by Gasteiger charge is 2.22. The summed E-state index contributed by atoms with van der Waals surface area (Å²) in [4.78, 5) is 30.8. The second-order valence-corrected chi connectivity index (χ2v) is 9.62. The number of amides is 1. The van der Waals surface area contributed by atoms with Crippen LogP contribution in [-0.4, -0.2) is 34.0 Å². The minimum absolute atomic E-state index is 0.185. The molecule has 1 unspecified atom stereocenters. The van der Waals surface area contributed by atoms with Crippen molar-refractivity contribution in [2.75, 3.05) is 11.9 Å². The fraction of sp³-hybridized carbons (Fsp3) is 0.250. The molecule has 7 heteroatoms. The van der Waals surface area contributed by atoms with Crippen LogP contribution in [0.15, 0.2) is 66.0 Å². The van der Waals surface area contributed by atoms with Gasteiger partial charge in [0.25, 0.3) is 5.91 Å². The van der Waals surface area contributed by atoms with E-state index >= 15 is 0 Å². The summed E-state index contributed by atoms with van der Waals surface area (Å²) in [5.41, 5.74) is 5.42. The van der Waals surface area contributed by atoms with Crippen molar-refractivity contribution in [2.45, 2.75) is 39.3 Å². The molecule has 1 aliphatic rings. The molecule has 0 spiro atoms. The SMILES string of the molecule is Cc1cc(-c2csc(NC(=O)c3ccccc3C(=O)c3ccccc3)n2)c(C)n1CC1CCCO1. The van der Waals surface area contributed by atoms with Gasteiger partial charge in [0, 0.05) is 46.6 Å². The first-order valence-corrected chi connectivity index (χ1v) is 12.6. The number of nitrogens with zero attached hydrogens (tertiary/aromatic N) is 2. The Hall–Kier alpha value is -3.55. The molecule has 6 nitrogen and oxygen atoms in total. The molecule has 0 radical (unpaired) electrons. The van der Waals surface area contributed by atoms with Gasteiger partial charge in [-0.1, -0.05) is 48.5 Å². The Morgan fingerprint density at radius 2 is 1.83 bits per heavy atom. The third kappa shape index (κ3) is 4.83. The molecule has 2 aromatic carbocycles. The summed E-state index contributed by atoms with van der Waals surface area (Å²) in [7, 11) is 0. The number of carbonyl (C=O) groups excluding carboxylic acids is 2. The third-order valence-electron chi connectivity index (χ3n) is 6.44. The van der Waals surface area contributed by atoms with Gasteiger partial charge in [0.1, 0.15) is 0 Å². The molecule has 1 atom stereocenters. The van der Waals surface area contributed by atoms with Crippen LogP contribution in [0.1, 0.15) is 50.5 Å². The van der Waals surface area contributed by atoms with Gasteiger partial charge in [-0.3, -0.25) is 14.9 Å². The van der Waals surface area contributed by atoms with Crippen LogP contribution >= 0.6 is 11.3 Å². The summed E-state index contributed by atoms with van der Waals surface area (Å²) in [5.74, 6) is -0.538. The Morgan fingerprint density at radius 3 is 2.57 bits per heavy atom. The lowest BCUT2D eigenvalue weighted by molar-refractivity contribution is 0.0962. The summed E-state index contributed by atoms with van der Waals surface area (Å²) in [6, 6.07) is 18.0. The van der Waals surface area contributed by atoms with Crippen LogP contribution in [0, 0.1) is 13.8 Å². The first kappa shape index (κ1) is 23.2. The number of carbonyl (C=O) groups is 2. The van der Waals surface area contributed by atoms with Crippen molar-refractivity contribution in [1.82, 2.24) is 9.55 Å². The van der Waals surface area contributed by atoms with Crippen LogP contribution in [0.25, 0.3) is 11.3 Å². The number of hydrogen-bond donors (Lipinski definition) is 1. The smallest absolute Gasteiger partial charge is 0.258 e. The second kappa shape index (κ2) is 9.98. The summed E-state index contributed by atoms with van der Waals surface area (Å²) in [6.07, 6.45) is 2.47. The zero-order valence-electron chi connectivity index (χ0n) is 19.8. The maximum Gasteiger partial charge on any atom is 0.258 e. The molecule has 2 aromatic heterocycles. The highest BCUT2D eigenvalue weighted by Crippen LogP contribution is 2.31. The van der Waals surface area contributed by atoms with E-state index in [1.165, 1.54) is 17.0 Å². The molecule has 1 fully saturated rings. The number of hydrogen-bond acceptors (Lipinski definition) is 5. The highest BCUT2D eigenvalue weighted by molar-refractivity contribution is 7.14. The number of aryl methyl sites for hydroxylation is 1. The van der Waals surface area contributed by atoms with Crippen molar-refractivity contribution in [2.24, 2.45) is 0 Å². The van der Waals surface area contributed by atoms with E-state index in [2.05, 4.69) is 34.8 Å². The van der Waals surface area contributed by atoms with Gasteiger partial charge in [0.05, 0.1) is 17.4 Å². The normalized spacial score (nSPS) is 15.3. The molecule has 178 valence electrons. The average Bonchev–Trinajstić information content (AvgIpc) is 3.62. The summed E-state index contributed by atoms with van der Waals surface area (Å²) in [5, 5.41) is 5.33. The van der Waals surface area contributed by atoms with E-state index in [4.69, 9.17) is 4.74 Å². The maximum absolute atomic E-state index is 13.1.